The quantitative estimate of drug-likeness (QED) is 0.897. The highest BCUT2D eigenvalue weighted by atomic mass is 14.9. The van der Waals surface area contributed by atoms with E-state index in [4.69, 9.17) is 0 Å². The van der Waals surface area contributed by atoms with Crippen molar-refractivity contribution < 1.29 is 0 Å². The fourth-order valence-corrected chi connectivity index (χ4v) is 3.51. The Balaban J connectivity index is 1.55. The lowest BCUT2D eigenvalue weighted by Crippen LogP contribution is -2.11. The summed E-state index contributed by atoms with van der Waals surface area (Å²) in [4.78, 5) is 8.07. The third-order valence-corrected chi connectivity index (χ3v) is 4.68. The average molecular weight is 267 g/mol. The van der Waals surface area contributed by atoms with Gasteiger partial charge in [-0.05, 0) is 67.4 Å². The molecule has 0 spiro atoms. The number of rotatable bonds is 3. The van der Waals surface area contributed by atoms with Crippen LogP contribution in [0.2, 0.25) is 0 Å². The highest BCUT2D eigenvalue weighted by Crippen LogP contribution is 2.27. The predicted octanol–water partition coefficient (Wildman–Crippen LogP) is 2.72. The molecule has 0 amide bonds. The minimum absolute atomic E-state index is 0.744. The van der Waals surface area contributed by atoms with Crippen LogP contribution in [-0.2, 0) is 19.3 Å². The van der Waals surface area contributed by atoms with Gasteiger partial charge in [-0.15, -0.1) is 0 Å². The predicted molar refractivity (Wildman–Crippen MR) is 80.7 cm³/mol. The zero-order valence-electron chi connectivity index (χ0n) is 11.8. The van der Waals surface area contributed by atoms with E-state index in [9.17, 15) is 0 Å². The molecule has 1 unspecified atom stereocenters. The maximum absolute atomic E-state index is 4.57. The van der Waals surface area contributed by atoms with Crippen LogP contribution in [0.15, 0.2) is 24.4 Å². The molecule has 4 rings (SSSR count). The third kappa shape index (κ3) is 2.27. The van der Waals surface area contributed by atoms with Crippen LogP contribution in [0.3, 0.4) is 0 Å². The molecule has 1 fully saturated rings. The average Bonchev–Trinajstić information content (AvgIpc) is 3.19. The van der Waals surface area contributed by atoms with Crippen molar-refractivity contribution in [3.8, 4) is 11.3 Å². The number of H-pyrrole nitrogens is 1. The zero-order chi connectivity index (χ0) is 13.4. The first-order valence-electron chi connectivity index (χ1n) is 7.75. The Labute approximate surface area is 119 Å². The molecule has 3 nitrogen and oxygen atoms in total. The zero-order valence-corrected chi connectivity index (χ0v) is 11.8. The lowest BCUT2D eigenvalue weighted by molar-refractivity contribution is 0.565. The number of aromatic amines is 1. The summed E-state index contributed by atoms with van der Waals surface area (Å²) in [6, 6.07) is 6.87. The van der Waals surface area contributed by atoms with Crippen LogP contribution < -0.4 is 5.32 Å². The van der Waals surface area contributed by atoms with E-state index in [-0.39, 0.29) is 0 Å². The molecule has 104 valence electrons. The molecule has 0 radical (unpaired) electrons. The van der Waals surface area contributed by atoms with Gasteiger partial charge >= 0.3 is 0 Å². The molecule has 1 aliphatic carbocycles. The van der Waals surface area contributed by atoms with E-state index in [2.05, 4.69) is 33.5 Å². The van der Waals surface area contributed by atoms with E-state index < -0.39 is 0 Å². The van der Waals surface area contributed by atoms with Gasteiger partial charge in [-0.2, -0.15) is 0 Å². The third-order valence-electron chi connectivity index (χ3n) is 4.68. The Morgan fingerprint density at radius 1 is 1.20 bits per heavy atom. The summed E-state index contributed by atoms with van der Waals surface area (Å²) in [7, 11) is 0. The summed E-state index contributed by atoms with van der Waals surface area (Å²) in [6.07, 6.45) is 8.12. The number of aryl methyl sites for hydroxylation is 2. The van der Waals surface area contributed by atoms with E-state index in [0.717, 1.165) is 31.3 Å². The second-order valence-electron chi connectivity index (χ2n) is 6.14. The number of hydrogen-bond donors (Lipinski definition) is 2. The number of aromatic nitrogens is 2. The van der Waals surface area contributed by atoms with Gasteiger partial charge in [0.1, 0.15) is 5.82 Å². The van der Waals surface area contributed by atoms with Crippen LogP contribution >= 0.6 is 0 Å². The lowest BCUT2D eigenvalue weighted by Gasteiger charge is -2.05. The van der Waals surface area contributed by atoms with Crippen LogP contribution in [0.25, 0.3) is 11.3 Å². The number of hydrogen-bond acceptors (Lipinski definition) is 2. The molecular weight excluding hydrogens is 246 g/mol. The van der Waals surface area contributed by atoms with Crippen molar-refractivity contribution in [3.05, 3.63) is 41.3 Å². The van der Waals surface area contributed by atoms with Gasteiger partial charge in [0.25, 0.3) is 0 Å². The minimum Gasteiger partial charge on any atom is -0.342 e. The van der Waals surface area contributed by atoms with Gasteiger partial charge in [0.15, 0.2) is 0 Å². The van der Waals surface area contributed by atoms with E-state index in [0.29, 0.717) is 0 Å². The molecule has 1 aliphatic heterocycles. The van der Waals surface area contributed by atoms with E-state index in [1.807, 2.05) is 6.20 Å². The van der Waals surface area contributed by atoms with Crippen molar-refractivity contribution in [2.24, 2.45) is 5.92 Å². The molecule has 2 aliphatic rings. The highest BCUT2D eigenvalue weighted by Gasteiger charge is 2.17. The highest BCUT2D eigenvalue weighted by molar-refractivity contribution is 5.61. The molecule has 20 heavy (non-hydrogen) atoms. The number of fused-ring (bicyclic) bond motifs is 1. The maximum Gasteiger partial charge on any atom is 0.106 e. The smallest absolute Gasteiger partial charge is 0.106 e. The normalized spacial score (nSPS) is 21.3. The van der Waals surface area contributed by atoms with Crippen molar-refractivity contribution in [1.82, 2.24) is 15.3 Å². The summed E-state index contributed by atoms with van der Waals surface area (Å²) >= 11 is 0. The number of imidazole rings is 1. The molecule has 0 saturated carbocycles. The Hall–Kier alpha value is -1.61. The van der Waals surface area contributed by atoms with Gasteiger partial charge in [0.05, 0.1) is 11.9 Å². The maximum atomic E-state index is 4.57. The standard InChI is InChI=1S/C17H21N3/c1-2-13-4-5-15(9-14(13)3-1)16-11-19-17(20-16)8-12-6-7-18-10-12/h4-5,9,11-12,18H,1-3,6-8,10H2,(H,19,20). The molecule has 1 atom stereocenters. The number of nitrogens with one attached hydrogen (secondary N) is 2. The molecule has 2 N–H and O–H groups in total. The molecule has 0 bridgehead atoms. The van der Waals surface area contributed by atoms with Crippen LogP contribution in [0, 0.1) is 5.92 Å². The van der Waals surface area contributed by atoms with Crippen LogP contribution in [-0.4, -0.2) is 23.1 Å². The van der Waals surface area contributed by atoms with Gasteiger partial charge in [-0.3, -0.25) is 0 Å². The van der Waals surface area contributed by atoms with Gasteiger partial charge in [0, 0.05) is 6.42 Å². The minimum atomic E-state index is 0.744. The Morgan fingerprint density at radius 2 is 2.15 bits per heavy atom. The van der Waals surface area contributed by atoms with E-state index in [1.165, 1.54) is 48.1 Å². The summed E-state index contributed by atoms with van der Waals surface area (Å²) in [5.74, 6) is 1.88. The molecule has 1 aromatic carbocycles. The summed E-state index contributed by atoms with van der Waals surface area (Å²) in [6.45, 7) is 2.29. The van der Waals surface area contributed by atoms with Crippen molar-refractivity contribution in [2.75, 3.05) is 13.1 Å². The molecule has 3 heteroatoms. The van der Waals surface area contributed by atoms with Gasteiger partial charge in [-0.1, -0.05) is 12.1 Å². The van der Waals surface area contributed by atoms with Crippen LogP contribution in [0.4, 0.5) is 0 Å². The summed E-state index contributed by atoms with van der Waals surface area (Å²) in [5, 5.41) is 3.42. The largest absolute Gasteiger partial charge is 0.342 e. The van der Waals surface area contributed by atoms with Gasteiger partial charge in [0.2, 0.25) is 0 Å². The Kier molecular flexibility index (Phi) is 3.07. The van der Waals surface area contributed by atoms with Gasteiger partial charge in [-0.25, -0.2) is 4.98 Å². The summed E-state index contributed by atoms with van der Waals surface area (Å²) < 4.78 is 0. The van der Waals surface area contributed by atoms with Crippen molar-refractivity contribution in [1.29, 1.82) is 0 Å². The molecule has 1 aromatic heterocycles. The lowest BCUT2D eigenvalue weighted by atomic mass is 10.0. The van der Waals surface area contributed by atoms with Crippen molar-refractivity contribution in [2.45, 2.75) is 32.1 Å². The fraction of sp³-hybridized carbons (Fsp3) is 0.471. The Morgan fingerprint density at radius 3 is 3.05 bits per heavy atom. The number of benzene rings is 1. The fourth-order valence-electron chi connectivity index (χ4n) is 3.51. The summed E-state index contributed by atoms with van der Waals surface area (Å²) in [5.41, 5.74) is 5.51. The number of nitrogens with zero attached hydrogens (tertiary/aromatic N) is 1. The monoisotopic (exact) mass is 267 g/mol. The van der Waals surface area contributed by atoms with E-state index in [1.54, 1.807) is 0 Å². The molecule has 2 aromatic rings. The topological polar surface area (TPSA) is 40.7 Å². The van der Waals surface area contributed by atoms with Crippen molar-refractivity contribution >= 4 is 0 Å². The first-order valence-corrected chi connectivity index (χ1v) is 7.75. The van der Waals surface area contributed by atoms with E-state index >= 15 is 0 Å². The van der Waals surface area contributed by atoms with Crippen LogP contribution in [0.5, 0.6) is 0 Å². The molecule has 2 heterocycles. The second-order valence-corrected chi connectivity index (χ2v) is 6.14. The van der Waals surface area contributed by atoms with Gasteiger partial charge < -0.3 is 10.3 Å². The first-order chi connectivity index (χ1) is 9.88. The molecular formula is C17H21N3. The first kappa shape index (κ1) is 12.2. The molecule has 1 saturated heterocycles. The Bertz CT molecular complexity index is 608. The van der Waals surface area contributed by atoms with Crippen LogP contribution in [0.1, 0.15) is 29.8 Å². The SMILES string of the molecule is c1cc2c(cc1-c1cnc(CC3CCNC3)[nH]1)CCC2. The van der Waals surface area contributed by atoms with Crippen molar-refractivity contribution in [3.63, 3.8) is 0 Å². The second kappa shape index (κ2) is 5.06.